The molecule has 38 valence electrons. The standard InChI is InChI=1S/C4H5NS2/c6-3-4-5-1-2-7-4/h1,3-4H,2H2. The average molecular weight is 131 g/mol. The van der Waals surface area contributed by atoms with Gasteiger partial charge in [-0.25, -0.2) is 0 Å². The summed E-state index contributed by atoms with van der Waals surface area (Å²) in [6.45, 7) is 0. The van der Waals surface area contributed by atoms with E-state index in [1.807, 2.05) is 6.21 Å². The fraction of sp³-hybridized carbons (Fsp3) is 0.500. The summed E-state index contributed by atoms with van der Waals surface area (Å²) in [5.74, 6) is 1.03. The highest BCUT2D eigenvalue weighted by Gasteiger charge is 2.04. The lowest BCUT2D eigenvalue weighted by Gasteiger charge is -1.90. The van der Waals surface area contributed by atoms with Gasteiger partial charge in [-0.2, -0.15) is 0 Å². The maximum absolute atomic E-state index is 4.65. The zero-order valence-corrected chi connectivity index (χ0v) is 5.34. The molecule has 0 saturated heterocycles. The Morgan fingerprint density at radius 3 is 3.14 bits per heavy atom. The second-order valence-electron chi connectivity index (χ2n) is 1.19. The summed E-state index contributed by atoms with van der Waals surface area (Å²) in [6.07, 6.45) is 1.90. The molecule has 1 nitrogen and oxygen atoms in total. The zero-order valence-electron chi connectivity index (χ0n) is 3.70. The van der Waals surface area contributed by atoms with Gasteiger partial charge < -0.3 is 0 Å². The van der Waals surface area contributed by atoms with Gasteiger partial charge in [-0.1, -0.05) is 12.2 Å². The van der Waals surface area contributed by atoms with Crippen LogP contribution in [-0.4, -0.2) is 22.7 Å². The van der Waals surface area contributed by atoms with Crippen LogP contribution in [-0.2, 0) is 0 Å². The van der Waals surface area contributed by atoms with Crippen LogP contribution in [0.2, 0.25) is 0 Å². The van der Waals surface area contributed by atoms with Gasteiger partial charge in [0.15, 0.2) is 0 Å². The van der Waals surface area contributed by atoms with Crippen molar-refractivity contribution >= 4 is 35.6 Å². The largest absolute Gasteiger partial charge is 0.277 e. The smallest absolute Gasteiger partial charge is 0.124 e. The van der Waals surface area contributed by atoms with Crippen molar-refractivity contribution in [2.24, 2.45) is 4.99 Å². The molecule has 0 aromatic rings. The fourth-order valence-corrected chi connectivity index (χ4v) is 1.33. The molecule has 0 bridgehead atoms. The molecule has 0 N–H and O–H groups in total. The summed E-state index contributed by atoms with van der Waals surface area (Å²) in [6, 6.07) is 0. The predicted molar refractivity (Wildman–Crippen MR) is 38.4 cm³/mol. The SMILES string of the molecule is S=CC1N=CCS1. The van der Waals surface area contributed by atoms with Crippen LogP contribution in [0.5, 0.6) is 0 Å². The molecule has 1 aliphatic rings. The van der Waals surface area contributed by atoms with Crippen molar-refractivity contribution in [2.75, 3.05) is 5.75 Å². The molecular formula is C4H5NS2. The second-order valence-corrected chi connectivity index (χ2v) is 2.61. The summed E-state index contributed by atoms with van der Waals surface area (Å²) in [5.41, 5.74) is 0. The highest BCUT2D eigenvalue weighted by Crippen LogP contribution is 2.13. The van der Waals surface area contributed by atoms with Crippen LogP contribution in [0.15, 0.2) is 4.99 Å². The van der Waals surface area contributed by atoms with Gasteiger partial charge in [0.2, 0.25) is 0 Å². The summed E-state index contributed by atoms with van der Waals surface area (Å²) in [4.78, 5) is 4.03. The number of nitrogens with zero attached hydrogens (tertiary/aromatic N) is 1. The molecular weight excluding hydrogens is 126 g/mol. The van der Waals surface area contributed by atoms with E-state index in [0.717, 1.165) is 5.75 Å². The van der Waals surface area contributed by atoms with E-state index < -0.39 is 0 Å². The van der Waals surface area contributed by atoms with E-state index in [2.05, 4.69) is 17.2 Å². The first kappa shape index (κ1) is 5.25. The third-order valence-corrected chi connectivity index (χ3v) is 2.08. The number of rotatable bonds is 1. The van der Waals surface area contributed by atoms with E-state index in [9.17, 15) is 0 Å². The summed E-state index contributed by atoms with van der Waals surface area (Å²) < 4.78 is 0. The Bertz CT molecular complexity index is 99.9. The second kappa shape index (κ2) is 2.43. The van der Waals surface area contributed by atoms with Gasteiger partial charge >= 0.3 is 0 Å². The lowest BCUT2D eigenvalue weighted by atomic mass is 10.7. The van der Waals surface area contributed by atoms with E-state index in [0.29, 0.717) is 0 Å². The molecule has 0 fully saturated rings. The molecule has 7 heavy (non-hydrogen) atoms. The van der Waals surface area contributed by atoms with Crippen molar-refractivity contribution in [1.29, 1.82) is 0 Å². The Balaban J connectivity index is 2.42. The van der Waals surface area contributed by atoms with Gasteiger partial charge in [-0.15, -0.1) is 11.8 Å². The van der Waals surface area contributed by atoms with Crippen molar-refractivity contribution in [3.63, 3.8) is 0 Å². The first-order valence-electron chi connectivity index (χ1n) is 2.02. The molecule has 1 unspecified atom stereocenters. The zero-order chi connectivity index (χ0) is 5.11. The van der Waals surface area contributed by atoms with Gasteiger partial charge in [0.05, 0.1) is 0 Å². The highest BCUT2D eigenvalue weighted by molar-refractivity contribution is 8.02. The van der Waals surface area contributed by atoms with Crippen LogP contribution in [0.3, 0.4) is 0 Å². The molecule has 1 aliphatic heterocycles. The van der Waals surface area contributed by atoms with Crippen molar-refractivity contribution < 1.29 is 0 Å². The molecule has 0 aromatic heterocycles. The number of thiocarbonyl (C=S) groups is 1. The Kier molecular flexibility index (Phi) is 1.82. The summed E-state index contributed by atoms with van der Waals surface area (Å²) in [5, 5.41) is 1.96. The van der Waals surface area contributed by atoms with Crippen molar-refractivity contribution in [3.05, 3.63) is 0 Å². The van der Waals surface area contributed by atoms with Gasteiger partial charge in [0.1, 0.15) is 5.37 Å². The van der Waals surface area contributed by atoms with E-state index in [1.165, 1.54) is 0 Å². The van der Waals surface area contributed by atoms with Crippen LogP contribution < -0.4 is 0 Å². The van der Waals surface area contributed by atoms with Crippen molar-refractivity contribution in [2.45, 2.75) is 5.37 Å². The molecule has 3 heteroatoms. The molecule has 1 atom stereocenters. The Hall–Kier alpha value is 0.110. The van der Waals surface area contributed by atoms with E-state index in [4.69, 9.17) is 0 Å². The monoisotopic (exact) mass is 131 g/mol. The topological polar surface area (TPSA) is 12.4 Å². The minimum atomic E-state index is 0.273. The number of aliphatic imine (C=N–C) groups is 1. The van der Waals surface area contributed by atoms with Gasteiger partial charge in [0, 0.05) is 17.3 Å². The average Bonchev–Trinajstić information content (AvgIpc) is 2.14. The maximum atomic E-state index is 4.65. The fourth-order valence-electron chi connectivity index (χ4n) is 0.406. The van der Waals surface area contributed by atoms with Crippen LogP contribution in [0.4, 0.5) is 0 Å². The number of thioether (sulfide) groups is 1. The number of hydrogen-bond acceptors (Lipinski definition) is 3. The highest BCUT2D eigenvalue weighted by atomic mass is 32.2. The molecule has 0 aromatic carbocycles. The van der Waals surface area contributed by atoms with Gasteiger partial charge in [-0.3, -0.25) is 4.99 Å². The molecule has 0 radical (unpaired) electrons. The molecule has 0 saturated carbocycles. The van der Waals surface area contributed by atoms with Gasteiger partial charge in [0.25, 0.3) is 0 Å². The summed E-state index contributed by atoms with van der Waals surface area (Å²) >= 11 is 6.41. The Morgan fingerprint density at radius 1 is 2.00 bits per heavy atom. The number of hydrogen-bond donors (Lipinski definition) is 0. The molecule has 0 amide bonds. The third-order valence-electron chi connectivity index (χ3n) is 0.710. The van der Waals surface area contributed by atoms with Crippen LogP contribution in [0.1, 0.15) is 0 Å². The third kappa shape index (κ3) is 1.24. The Labute approximate surface area is 52.2 Å². The molecule has 0 aliphatic carbocycles. The van der Waals surface area contributed by atoms with Crippen molar-refractivity contribution in [1.82, 2.24) is 0 Å². The minimum absolute atomic E-state index is 0.273. The van der Waals surface area contributed by atoms with Crippen LogP contribution >= 0.6 is 24.0 Å². The first-order valence-corrected chi connectivity index (χ1v) is 3.54. The minimum Gasteiger partial charge on any atom is -0.277 e. The van der Waals surface area contributed by atoms with Crippen LogP contribution in [0, 0.1) is 0 Å². The predicted octanol–water partition coefficient (Wildman–Crippen LogP) is 1.13. The Morgan fingerprint density at radius 2 is 2.86 bits per heavy atom. The normalized spacial score (nSPS) is 28.3. The van der Waals surface area contributed by atoms with Gasteiger partial charge in [-0.05, 0) is 0 Å². The maximum Gasteiger partial charge on any atom is 0.124 e. The lowest BCUT2D eigenvalue weighted by Crippen LogP contribution is -1.90. The lowest BCUT2D eigenvalue weighted by molar-refractivity contribution is 1.30. The molecule has 1 heterocycles. The van der Waals surface area contributed by atoms with E-state index in [1.54, 1.807) is 17.1 Å². The van der Waals surface area contributed by atoms with E-state index in [-0.39, 0.29) is 5.37 Å². The summed E-state index contributed by atoms with van der Waals surface area (Å²) in [7, 11) is 0. The van der Waals surface area contributed by atoms with E-state index >= 15 is 0 Å². The molecule has 1 rings (SSSR count). The first-order chi connectivity index (χ1) is 3.43. The quantitative estimate of drug-likeness (QED) is 0.495. The van der Waals surface area contributed by atoms with Crippen molar-refractivity contribution in [3.8, 4) is 0 Å². The molecule has 0 spiro atoms. The van der Waals surface area contributed by atoms with Crippen LogP contribution in [0.25, 0.3) is 0 Å².